The van der Waals surface area contributed by atoms with E-state index in [0.717, 1.165) is 5.56 Å². The molecule has 0 heterocycles. The topological polar surface area (TPSA) is 68.8 Å². The monoisotopic (exact) mass is 296 g/mol. The highest BCUT2D eigenvalue weighted by Gasteiger charge is 2.17. The normalized spacial score (nSPS) is 11.7. The second kappa shape index (κ2) is 8.36. The van der Waals surface area contributed by atoms with Crippen LogP contribution in [0.15, 0.2) is 12.1 Å². The van der Waals surface area contributed by atoms with E-state index >= 15 is 0 Å². The Kier molecular flexibility index (Phi) is 6.81. The Labute approximate surface area is 125 Å². The number of ether oxygens (including phenoxy) is 3. The molecule has 0 aliphatic heterocycles. The molecule has 0 aliphatic rings. The zero-order valence-electron chi connectivity index (χ0n) is 13.3. The van der Waals surface area contributed by atoms with Crippen molar-refractivity contribution in [1.82, 2.24) is 10.6 Å². The lowest BCUT2D eigenvalue weighted by Crippen LogP contribution is -2.34. The van der Waals surface area contributed by atoms with E-state index in [1.165, 1.54) is 0 Å². The van der Waals surface area contributed by atoms with Gasteiger partial charge in [-0.1, -0.05) is 6.92 Å². The van der Waals surface area contributed by atoms with E-state index in [2.05, 4.69) is 10.6 Å². The predicted molar refractivity (Wildman–Crippen MR) is 81.0 cm³/mol. The summed E-state index contributed by atoms with van der Waals surface area (Å²) < 4.78 is 15.9. The average molecular weight is 296 g/mol. The van der Waals surface area contributed by atoms with Crippen molar-refractivity contribution in [3.63, 3.8) is 0 Å². The van der Waals surface area contributed by atoms with E-state index in [-0.39, 0.29) is 11.8 Å². The van der Waals surface area contributed by atoms with Crippen molar-refractivity contribution < 1.29 is 19.0 Å². The molecule has 1 unspecified atom stereocenters. The van der Waals surface area contributed by atoms with Crippen LogP contribution in [0.3, 0.4) is 0 Å². The highest BCUT2D eigenvalue weighted by molar-refractivity contribution is 5.78. The Morgan fingerprint density at radius 3 is 2.33 bits per heavy atom. The molecule has 0 fully saturated rings. The maximum absolute atomic E-state index is 11.9. The summed E-state index contributed by atoms with van der Waals surface area (Å²) in [6.07, 6.45) is 0. The molecule has 1 aromatic carbocycles. The van der Waals surface area contributed by atoms with Crippen molar-refractivity contribution in [1.29, 1.82) is 0 Å². The third-order valence-electron chi connectivity index (χ3n) is 3.20. The van der Waals surface area contributed by atoms with Crippen LogP contribution in [-0.4, -0.2) is 40.8 Å². The zero-order chi connectivity index (χ0) is 15.8. The van der Waals surface area contributed by atoms with Crippen LogP contribution in [0, 0.1) is 5.92 Å². The van der Waals surface area contributed by atoms with Gasteiger partial charge in [-0.15, -0.1) is 0 Å². The molecule has 1 aromatic rings. The molecule has 21 heavy (non-hydrogen) atoms. The molecule has 2 N–H and O–H groups in total. The molecule has 1 atom stereocenters. The SMILES string of the molecule is CNCC(C)C(=O)NCc1ccc(OC)c(OC)c1OC. The van der Waals surface area contributed by atoms with Crippen LogP contribution in [0.25, 0.3) is 0 Å². The number of hydrogen-bond donors (Lipinski definition) is 2. The molecule has 118 valence electrons. The largest absolute Gasteiger partial charge is 0.493 e. The number of methoxy groups -OCH3 is 3. The van der Waals surface area contributed by atoms with Crippen LogP contribution >= 0.6 is 0 Å². The van der Waals surface area contributed by atoms with Crippen molar-refractivity contribution in [3.05, 3.63) is 17.7 Å². The van der Waals surface area contributed by atoms with Gasteiger partial charge in [-0.2, -0.15) is 0 Å². The van der Waals surface area contributed by atoms with Gasteiger partial charge in [0.05, 0.1) is 21.3 Å². The van der Waals surface area contributed by atoms with Crippen LogP contribution in [0.2, 0.25) is 0 Å². The molecular weight excluding hydrogens is 272 g/mol. The minimum Gasteiger partial charge on any atom is -0.493 e. The number of rotatable bonds is 8. The maximum atomic E-state index is 11.9. The van der Waals surface area contributed by atoms with Crippen molar-refractivity contribution in [2.45, 2.75) is 13.5 Å². The first kappa shape index (κ1) is 17.1. The van der Waals surface area contributed by atoms with Crippen molar-refractivity contribution in [2.75, 3.05) is 34.9 Å². The summed E-state index contributed by atoms with van der Waals surface area (Å²) in [7, 11) is 6.50. The fraction of sp³-hybridized carbons (Fsp3) is 0.533. The van der Waals surface area contributed by atoms with Gasteiger partial charge in [0.2, 0.25) is 11.7 Å². The first-order valence-electron chi connectivity index (χ1n) is 6.79. The molecule has 1 rings (SSSR count). The Balaban J connectivity index is 2.86. The summed E-state index contributed by atoms with van der Waals surface area (Å²) in [6.45, 7) is 2.88. The molecular formula is C15H24N2O4. The fourth-order valence-corrected chi connectivity index (χ4v) is 2.06. The number of nitrogens with one attached hydrogen (secondary N) is 2. The van der Waals surface area contributed by atoms with Gasteiger partial charge in [0.25, 0.3) is 0 Å². The molecule has 0 bridgehead atoms. The lowest BCUT2D eigenvalue weighted by Gasteiger charge is -2.17. The number of hydrogen-bond acceptors (Lipinski definition) is 5. The molecule has 0 radical (unpaired) electrons. The van der Waals surface area contributed by atoms with E-state index in [9.17, 15) is 4.79 Å². The predicted octanol–water partition coefficient (Wildman–Crippen LogP) is 1.18. The second-order valence-corrected chi connectivity index (χ2v) is 4.67. The van der Waals surface area contributed by atoms with Gasteiger partial charge in [0.1, 0.15) is 0 Å². The van der Waals surface area contributed by atoms with E-state index in [1.54, 1.807) is 27.4 Å². The van der Waals surface area contributed by atoms with Crippen LogP contribution < -0.4 is 24.8 Å². The lowest BCUT2D eigenvalue weighted by molar-refractivity contribution is -0.124. The number of benzene rings is 1. The van der Waals surface area contributed by atoms with E-state index in [0.29, 0.717) is 30.3 Å². The van der Waals surface area contributed by atoms with Crippen molar-refractivity contribution in [2.24, 2.45) is 5.92 Å². The van der Waals surface area contributed by atoms with Crippen molar-refractivity contribution in [3.8, 4) is 17.2 Å². The van der Waals surface area contributed by atoms with Gasteiger partial charge >= 0.3 is 0 Å². The van der Waals surface area contributed by atoms with Gasteiger partial charge in [-0.05, 0) is 19.2 Å². The quantitative estimate of drug-likeness (QED) is 0.754. The van der Waals surface area contributed by atoms with Gasteiger partial charge < -0.3 is 24.8 Å². The molecule has 0 spiro atoms. The van der Waals surface area contributed by atoms with E-state index < -0.39 is 0 Å². The molecule has 1 amide bonds. The van der Waals surface area contributed by atoms with Gasteiger partial charge in [0, 0.05) is 24.6 Å². The standard InChI is InChI=1S/C15H24N2O4/c1-10(8-16-2)15(18)17-9-11-6-7-12(19-3)14(21-5)13(11)20-4/h6-7,10,16H,8-9H2,1-5H3,(H,17,18). The molecule has 6 nitrogen and oxygen atoms in total. The summed E-state index contributed by atoms with van der Waals surface area (Å²) >= 11 is 0. The van der Waals surface area contributed by atoms with Crippen LogP contribution in [0.1, 0.15) is 12.5 Å². The third-order valence-corrected chi connectivity index (χ3v) is 3.20. The molecule has 0 aliphatic carbocycles. The lowest BCUT2D eigenvalue weighted by atomic mass is 10.1. The molecule has 0 aromatic heterocycles. The Bertz CT molecular complexity index is 477. The number of carbonyl (C=O) groups is 1. The summed E-state index contributed by atoms with van der Waals surface area (Å²) in [5, 5.41) is 5.87. The second-order valence-electron chi connectivity index (χ2n) is 4.67. The summed E-state index contributed by atoms with van der Waals surface area (Å²) in [6, 6.07) is 3.64. The van der Waals surface area contributed by atoms with Gasteiger partial charge in [-0.3, -0.25) is 4.79 Å². The maximum Gasteiger partial charge on any atom is 0.224 e. The van der Waals surface area contributed by atoms with Crippen LogP contribution in [-0.2, 0) is 11.3 Å². The first-order valence-corrected chi connectivity index (χ1v) is 6.79. The Morgan fingerprint density at radius 2 is 1.81 bits per heavy atom. The molecule has 0 saturated heterocycles. The third kappa shape index (κ3) is 4.26. The highest BCUT2D eigenvalue weighted by Crippen LogP contribution is 2.39. The zero-order valence-corrected chi connectivity index (χ0v) is 13.3. The highest BCUT2D eigenvalue weighted by atomic mass is 16.5. The van der Waals surface area contributed by atoms with E-state index in [1.807, 2.05) is 20.0 Å². The Hall–Kier alpha value is -1.95. The average Bonchev–Trinajstić information content (AvgIpc) is 2.51. The molecule has 6 heteroatoms. The Morgan fingerprint density at radius 1 is 1.14 bits per heavy atom. The van der Waals surface area contributed by atoms with Crippen LogP contribution in [0.4, 0.5) is 0 Å². The van der Waals surface area contributed by atoms with E-state index in [4.69, 9.17) is 14.2 Å². The first-order chi connectivity index (χ1) is 10.1. The summed E-state index contributed by atoms with van der Waals surface area (Å²) in [4.78, 5) is 11.9. The minimum absolute atomic E-state index is 0.0128. The van der Waals surface area contributed by atoms with Crippen molar-refractivity contribution >= 4 is 5.91 Å². The van der Waals surface area contributed by atoms with Gasteiger partial charge in [0.15, 0.2) is 11.5 Å². The molecule has 0 saturated carbocycles. The summed E-state index contributed by atoms with van der Waals surface area (Å²) in [5.41, 5.74) is 0.833. The fourth-order valence-electron chi connectivity index (χ4n) is 2.06. The number of carbonyl (C=O) groups excluding carboxylic acids is 1. The number of amides is 1. The smallest absolute Gasteiger partial charge is 0.224 e. The van der Waals surface area contributed by atoms with Gasteiger partial charge in [-0.25, -0.2) is 0 Å². The minimum atomic E-state index is -0.0962. The summed E-state index contributed by atoms with van der Waals surface area (Å²) in [5.74, 6) is 1.57. The van der Waals surface area contributed by atoms with Crippen LogP contribution in [0.5, 0.6) is 17.2 Å².